The second-order valence-electron chi connectivity index (χ2n) is 5.14. The lowest BCUT2D eigenvalue weighted by molar-refractivity contribution is 0.406. The van der Waals surface area contributed by atoms with Crippen LogP contribution >= 0.6 is 0 Å². The fourth-order valence-electron chi connectivity index (χ4n) is 2.09. The van der Waals surface area contributed by atoms with Crippen molar-refractivity contribution in [3.8, 4) is 11.5 Å². The first-order valence-electron chi connectivity index (χ1n) is 8.09. The fraction of sp³-hybridized carbons (Fsp3) is 0.588. The standard InChI is InChI=1S/C17H29N3O2/c1-4-6-7-11-19-17(18-5-2)20-12-10-14-8-9-15(22-3)13-16(14)21/h8-9,13,21H,4-7,10-12H2,1-3H3,(H2,18,19,20). The number of nitrogens with zero attached hydrogens (tertiary/aromatic N) is 1. The first kappa shape index (κ1) is 18.1. The van der Waals surface area contributed by atoms with E-state index in [0.29, 0.717) is 5.75 Å². The van der Waals surface area contributed by atoms with E-state index >= 15 is 0 Å². The Morgan fingerprint density at radius 1 is 1.23 bits per heavy atom. The molecule has 0 bridgehead atoms. The number of aromatic hydroxyl groups is 1. The molecule has 0 aliphatic heterocycles. The van der Waals surface area contributed by atoms with E-state index in [2.05, 4.69) is 29.5 Å². The number of unbranched alkanes of at least 4 members (excludes halogenated alkanes) is 2. The number of aliphatic imine (C=N–C) groups is 1. The van der Waals surface area contributed by atoms with Crippen LogP contribution < -0.4 is 15.4 Å². The molecular weight excluding hydrogens is 278 g/mol. The maximum Gasteiger partial charge on any atom is 0.191 e. The van der Waals surface area contributed by atoms with Gasteiger partial charge in [0, 0.05) is 25.7 Å². The third kappa shape index (κ3) is 6.70. The van der Waals surface area contributed by atoms with E-state index in [1.165, 1.54) is 12.8 Å². The average Bonchev–Trinajstić information content (AvgIpc) is 2.52. The smallest absolute Gasteiger partial charge is 0.191 e. The first-order valence-corrected chi connectivity index (χ1v) is 8.09. The Morgan fingerprint density at radius 3 is 2.68 bits per heavy atom. The number of benzene rings is 1. The SMILES string of the molecule is CCCCCN=C(NCC)NCCc1ccc(OC)cc1O. The monoisotopic (exact) mass is 307 g/mol. The third-order valence-corrected chi connectivity index (χ3v) is 3.36. The molecule has 0 amide bonds. The molecule has 5 heteroatoms. The van der Waals surface area contributed by atoms with E-state index in [1.54, 1.807) is 13.2 Å². The minimum Gasteiger partial charge on any atom is -0.508 e. The number of ether oxygens (including phenoxy) is 1. The van der Waals surface area contributed by atoms with E-state index < -0.39 is 0 Å². The highest BCUT2D eigenvalue weighted by atomic mass is 16.5. The van der Waals surface area contributed by atoms with Crippen LogP contribution in [0.25, 0.3) is 0 Å². The van der Waals surface area contributed by atoms with Crippen molar-refractivity contribution in [1.82, 2.24) is 10.6 Å². The van der Waals surface area contributed by atoms with Crippen LogP contribution in [0.4, 0.5) is 0 Å². The summed E-state index contributed by atoms with van der Waals surface area (Å²) in [6, 6.07) is 5.39. The number of phenols is 1. The molecule has 0 atom stereocenters. The molecule has 0 spiro atoms. The highest BCUT2D eigenvalue weighted by molar-refractivity contribution is 5.79. The highest BCUT2D eigenvalue weighted by Crippen LogP contribution is 2.23. The van der Waals surface area contributed by atoms with Gasteiger partial charge in [0.25, 0.3) is 0 Å². The van der Waals surface area contributed by atoms with Gasteiger partial charge in [-0.1, -0.05) is 25.8 Å². The number of guanidine groups is 1. The number of methoxy groups -OCH3 is 1. The number of hydrogen-bond acceptors (Lipinski definition) is 3. The molecule has 0 unspecified atom stereocenters. The summed E-state index contributed by atoms with van der Waals surface area (Å²) in [7, 11) is 1.59. The minimum absolute atomic E-state index is 0.269. The Bertz CT molecular complexity index is 461. The molecular formula is C17H29N3O2. The molecule has 3 N–H and O–H groups in total. The summed E-state index contributed by atoms with van der Waals surface area (Å²) >= 11 is 0. The largest absolute Gasteiger partial charge is 0.508 e. The quantitative estimate of drug-likeness (QED) is 0.373. The summed E-state index contributed by atoms with van der Waals surface area (Å²) < 4.78 is 5.08. The maximum absolute atomic E-state index is 9.94. The summed E-state index contributed by atoms with van der Waals surface area (Å²) in [6.45, 7) is 6.65. The van der Waals surface area contributed by atoms with Crippen molar-refractivity contribution >= 4 is 5.96 Å². The van der Waals surface area contributed by atoms with Crippen LogP contribution in [0.5, 0.6) is 11.5 Å². The zero-order valence-corrected chi connectivity index (χ0v) is 14.0. The van der Waals surface area contributed by atoms with Gasteiger partial charge in [-0.15, -0.1) is 0 Å². The molecule has 1 aromatic rings. The molecule has 0 fully saturated rings. The van der Waals surface area contributed by atoms with Crippen LogP contribution in [0.1, 0.15) is 38.7 Å². The van der Waals surface area contributed by atoms with Crippen LogP contribution in [-0.2, 0) is 6.42 Å². The van der Waals surface area contributed by atoms with E-state index in [-0.39, 0.29) is 5.75 Å². The van der Waals surface area contributed by atoms with Gasteiger partial charge in [-0.2, -0.15) is 0 Å². The molecule has 5 nitrogen and oxygen atoms in total. The highest BCUT2D eigenvalue weighted by Gasteiger charge is 2.04. The minimum atomic E-state index is 0.269. The molecule has 0 aromatic heterocycles. The number of hydrogen-bond donors (Lipinski definition) is 3. The Morgan fingerprint density at radius 2 is 2.05 bits per heavy atom. The second kappa shape index (κ2) is 10.8. The predicted molar refractivity (Wildman–Crippen MR) is 91.9 cm³/mol. The van der Waals surface area contributed by atoms with Gasteiger partial charge in [0.1, 0.15) is 11.5 Å². The van der Waals surface area contributed by atoms with Crippen LogP contribution in [0.15, 0.2) is 23.2 Å². The molecule has 0 saturated heterocycles. The Kier molecular flexibility index (Phi) is 8.88. The molecule has 1 rings (SSSR count). The second-order valence-corrected chi connectivity index (χ2v) is 5.14. The molecule has 22 heavy (non-hydrogen) atoms. The molecule has 0 radical (unpaired) electrons. The van der Waals surface area contributed by atoms with E-state index in [0.717, 1.165) is 44.0 Å². The lowest BCUT2D eigenvalue weighted by Crippen LogP contribution is -2.38. The Balaban J connectivity index is 2.44. The van der Waals surface area contributed by atoms with Crippen LogP contribution in [0.2, 0.25) is 0 Å². The van der Waals surface area contributed by atoms with E-state index in [9.17, 15) is 5.11 Å². The van der Waals surface area contributed by atoms with E-state index in [1.807, 2.05) is 12.1 Å². The maximum atomic E-state index is 9.94. The summed E-state index contributed by atoms with van der Waals surface area (Å²) in [6.07, 6.45) is 4.26. The topological polar surface area (TPSA) is 65.9 Å². The molecule has 0 saturated carbocycles. The normalized spacial score (nSPS) is 11.3. The first-order chi connectivity index (χ1) is 10.7. The van der Waals surface area contributed by atoms with Crippen molar-refractivity contribution in [3.63, 3.8) is 0 Å². The molecule has 0 aliphatic rings. The number of phenolic OH excluding ortho intramolecular Hbond substituents is 1. The zero-order valence-electron chi connectivity index (χ0n) is 14.0. The van der Waals surface area contributed by atoms with Gasteiger partial charge in [0.15, 0.2) is 5.96 Å². The van der Waals surface area contributed by atoms with Gasteiger partial charge >= 0.3 is 0 Å². The molecule has 1 aromatic carbocycles. The zero-order chi connectivity index (χ0) is 16.2. The number of nitrogens with one attached hydrogen (secondary N) is 2. The summed E-state index contributed by atoms with van der Waals surface area (Å²) in [4.78, 5) is 4.54. The van der Waals surface area contributed by atoms with Gasteiger partial charge in [0.05, 0.1) is 7.11 Å². The van der Waals surface area contributed by atoms with Gasteiger partial charge in [0.2, 0.25) is 0 Å². The summed E-state index contributed by atoms with van der Waals surface area (Å²) in [5.41, 5.74) is 0.898. The lowest BCUT2D eigenvalue weighted by Gasteiger charge is -2.12. The molecule has 0 aliphatic carbocycles. The van der Waals surface area contributed by atoms with Crippen molar-refractivity contribution in [2.24, 2.45) is 4.99 Å². The van der Waals surface area contributed by atoms with Gasteiger partial charge in [-0.05, 0) is 31.4 Å². The van der Waals surface area contributed by atoms with Crippen LogP contribution in [-0.4, -0.2) is 37.8 Å². The van der Waals surface area contributed by atoms with Gasteiger partial charge in [-0.3, -0.25) is 4.99 Å². The van der Waals surface area contributed by atoms with Crippen molar-refractivity contribution in [1.29, 1.82) is 0 Å². The van der Waals surface area contributed by atoms with Crippen LogP contribution in [0, 0.1) is 0 Å². The van der Waals surface area contributed by atoms with Crippen LogP contribution in [0.3, 0.4) is 0 Å². The van der Waals surface area contributed by atoms with Gasteiger partial charge in [-0.25, -0.2) is 0 Å². The van der Waals surface area contributed by atoms with Crippen molar-refractivity contribution in [2.45, 2.75) is 39.5 Å². The molecule has 0 heterocycles. The fourth-order valence-corrected chi connectivity index (χ4v) is 2.09. The number of rotatable bonds is 9. The lowest BCUT2D eigenvalue weighted by atomic mass is 10.1. The van der Waals surface area contributed by atoms with Crippen molar-refractivity contribution in [3.05, 3.63) is 23.8 Å². The van der Waals surface area contributed by atoms with Crippen molar-refractivity contribution < 1.29 is 9.84 Å². The van der Waals surface area contributed by atoms with E-state index in [4.69, 9.17) is 4.74 Å². The molecule has 124 valence electrons. The summed E-state index contributed by atoms with van der Waals surface area (Å²) in [5, 5.41) is 16.5. The Labute approximate surface area is 133 Å². The average molecular weight is 307 g/mol. The van der Waals surface area contributed by atoms with Crippen molar-refractivity contribution in [2.75, 3.05) is 26.7 Å². The third-order valence-electron chi connectivity index (χ3n) is 3.36. The van der Waals surface area contributed by atoms with Gasteiger partial charge < -0.3 is 20.5 Å². The Hall–Kier alpha value is -1.91. The summed E-state index contributed by atoms with van der Waals surface area (Å²) in [5.74, 6) is 1.78. The predicted octanol–water partition coefficient (Wildman–Crippen LogP) is 2.69.